The Kier molecular flexibility index (Phi) is 3.66. The molecule has 1 N–H and O–H groups in total. The van der Waals surface area contributed by atoms with Crippen LogP contribution in [0.1, 0.15) is 24.8 Å². The van der Waals surface area contributed by atoms with Crippen LogP contribution < -0.4 is 9.80 Å². The Balaban J connectivity index is 1.48. The summed E-state index contributed by atoms with van der Waals surface area (Å²) in [5.74, 6) is 0.160. The van der Waals surface area contributed by atoms with Gasteiger partial charge in [-0.2, -0.15) is 0 Å². The zero-order chi connectivity index (χ0) is 17.5. The molecule has 1 fully saturated rings. The molecule has 1 amide bonds. The molecule has 5 heteroatoms. The van der Waals surface area contributed by atoms with Crippen molar-refractivity contribution in [2.75, 3.05) is 22.9 Å². The fraction of sp³-hybridized carbons (Fsp3) is 0.333. The van der Waals surface area contributed by atoms with Crippen LogP contribution in [0, 0.1) is 0 Å². The third kappa shape index (κ3) is 2.46. The molecule has 2 aliphatic rings. The molecule has 132 valence electrons. The minimum atomic E-state index is 0.160. The lowest BCUT2D eigenvalue weighted by atomic mass is 9.96. The standard InChI is InChI=1S/C21H22N4O/c26-20(12-15-13-23-21-17(15)7-5-10-22-21)25-14-16-6-3-4-11-24(16)18-8-1-2-9-19(18)25/h1-2,5,7-10,13,16H,3-4,6,11-12,14H2,(H,22,23)/t16-/m1/s1. The highest BCUT2D eigenvalue weighted by atomic mass is 16.2. The van der Waals surface area contributed by atoms with Crippen LogP contribution in [0.15, 0.2) is 48.8 Å². The Labute approximate surface area is 152 Å². The van der Waals surface area contributed by atoms with Crippen LogP contribution in [0.3, 0.4) is 0 Å². The van der Waals surface area contributed by atoms with Crippen LogP contribution in [0.5, 0.6) is 0 Å². The lowest BCUT2D eigenvalue weighted by Crippen LogP contribution is -2.53. The van der Waals surface area contributed by atoms with Crippen molar-refractivity contribution >= 4 is 28.3 Å². The number of anilines is 2. The van der Waals surface area contributed by atoms with Gasteiger partial charge < -0.3 is 14.8 Å². The van der Waals surface area contributed by atoms with Gasteiger partial charge in [-0.3, -0.25) is 4.79 Å². The van der Waals surface area contributed by atoms with E-state index in [1.807, 2.05) is 29.3 Å². The third-order valence-corrected chi connectivity index (χ3v) is 5.68. The number of nitrogens with zero attached hydrogens (tertiary/aromatic N) is 3. The lowest BCUT2D eigenvalue weighted by Gasteiger charge is -2.46. The largest absolute Gasteiger partial charge is 0.365 e. The quantitative estimate of drug-likeness (QED) is 0.772. The maximum absolute atomic E-state index is 13.2. The number of nitrogens with one attached hydrogen (secondary N) is 1. The van der Waals surface area contributed by atoms with Gasteiger partial charge in [-0.25, -0.2) is 4.98 Å². The van der Waals surface area contributed by atoms with Crippen molar-refractivity contribution in [1.29, 1.82) is 0 Å². The first-order valence-corrected chi connectivity index (χ1v) is 9.38. The predicted molar refractivity (Wildman–Crippen MR) is 104 cm³/mol. The van der Waals surface area contributed by atoms with Gasteiger partial charge in [-0.15, -0.1) is 0 Å². The second-order valence-corrected chi connectivity index (χ2v) is 7.23. The fourth-order valence-corrected chi connectivity index (χ4v) is 4.41. The number of piperidine rings is 1. The first-order valence-electron chi connectivity index (χ1n) is 9.38. The van der Waals surface area contributed by atoms with Gasteiger partial charge in [0.1, 0.15) is 5.65 Å². The zero-order valence-corrected chi connectivity index (χ0v) is 14.7. The number of hydrogen-bond acceptors (Lipinski definition) is 3. The van der Waals surface area contributed by atoms with Gasteiger partial charge in [0, 0.05) is 36.9 Å². The highest BCUT2D eigenvalue weighted by Gasteiger charge is 2.34. The van der Waals surface area contributed by atoms with Crippen LogP contribution in [-0.4, -0.2) is 35.0 Å². The number of benzene rings is 1. The summed E-state index contributed by atoms with van der Waals surface area (Å²) in [6.45, 7) is 1.88. The van der Waals surface area contributed by atoms with E-state index >= 15 is 0 Å². The number of aromatic amines is 1. The summed E-state index contributed by atoms with van der Waals surface area (Å²) < 4.78 is 0. The van der Waals surface area contributed by atoms with Crippen molar-refractivity contribution in [3.8, 4) is 0 Å². The van der Waals surface area contributed by atoms with Gasteiger partial charge in [-0.05, 0) is 49.1 Å². The number of amides is 1. The number of carbonyl (C=O) groups is 1. The maximum atomic E-state index is 13.2. The molecular weight excluding hydrogens is 324 g/mol. The summed E-state index contributed by atoms with van der Waals surface area (Å²) >= 11 is 0. The molecule has 2 aliphatic heterocycles. The number of hydrogen-bond donors (Lipinski definition) is 1. The molecule has 2 aromatic heterocycles. The molecule has 3 aromatic rings. The maximum Gasteiger partial charge on any atom is 0.231 e. The molecule has 0 radical (unpaired) electrons. The SMILES string of the molecule is O=C(Cc1c[nH]c2ncccc12)N1C[C@H]2CCCCN2c2ccccc21. The molecular formula is C21H22N4O. The average molecular weight is 346 g/mol. The number of para-hydroxylation sites is 2. The van der Waals surface area contributed by atoms with Crippen LogP contribution in [0.25, 0.3) is 11.0 Å². The summed E-state index contributed by atoms with van der Waals surface area (Å²) in [5, 5.41) is 1.03. The Hall–Kier alpha value is -2.82. The highest BCUT2D eigenvalue weighted by Crippen LogP contribution is 2.38. The van der Waals surface area contributed by atoms with Gasteiger partial charge in [0.15, 0.2) is 0 Å². The minimum Gasteiger partial charge on any atom is -0.365 e. The normalized spacial score (nSPS) is 19.3. The van der Waals surface area contributed by atoms with Crippen LogP contribution >= 0.6 is 0 Å². The topological polar surface area (TPSA) is 52.2 Å². The van der Waals surface area contributed by atoms with Crippen LogP contribution in [0.4, 0.5) is 11.4 Å². The first kappa shape index (κ1) is 15.4. The van der Waals surface area contributed by atoms with E-state index in [9.17, 15) is 4.79 Å². The summed E-state index contributed by atoms with van der Waals surface area (Å²) in [7, 11) is 0. The van der Waals surface area contributed by atoms with Gasteiger partial charge >= 0.3 is 0 Å². The van der Waals surface area contributed by atoms with E-state index < -0.39 is 0 Å². The van der Waals surface area contributed by atoms with E-state index in [4.69, 9.17) is 0 Å². The van der Waals surface area contributed by atoms with Crippen molar-refractivity contribution in [1.82, 2.24) is 9.97 Å². The number of carbonyl (C=O) groups excluding carboxylic acids is 1. The Bertz CT molecular complexity index is 963. The van der Waals surface area contributed by atoms with E-state index in [2.05, 4.69) is 33.1 Å². The molecule has 0 bridgehead atoms. The summed E-state index contributed by atoms with van der Waals surface area (Å²) in [4.78, 5) is 25.2. The summed E-state index contributed by atoms with van der Waals surface area (Å²) in [6.07, 6.45) is 7.73. The molecule has 0 unspecified atom stereocenters. The number of rotatable bonds is 2. The van der Waals surface area contributed by atoms with E-state index in [1.165, 1.54) is 18.5 Å². The van der Waals surface area contributed by atoms with E-state index in [1.54, 1.807) is 6.20 Å². The first-order chi connectivity index (χ1) is 12.8. The van der Waals surface area contributed by atoms with Crippen molar-refractivity contribution in [3.05, 3.63) is 54.4 Å². The molecule has 5 rings (SSSR count). The molecule has 1 aromatic carbocycles. The zero-order valence-electron chi connectivity index (χ0n) is 14.7. The van der Waals surface area contributed by atoms with Crippen molar-refractivity contribution < 1.29 is 4.79 Å². The molecule has 4 heterocycles. The number of fused-ring (bicyclic) bond motifs is 4. The predicted octanol–water partition coefficient (Wildman–Crippen LogP) is 3.51. The third-order valence-electron chi connectivity index (χ3n) is 5.68. The molecule has 1 atom stereocenters. The Morgan fingerprint density at radius 2 is 2.04 bits per heavy atom. The average Bonchev–Trinajstić information content (AvgIpc) is 3.10. The second kappa shape index (κ2) is 6.16. The number of H-pyrrole nitrogens is 1. The fourth-order valence-electron chi connectivity index (χ4n) is 4.41. The second-order valence-electron chi connectivity index (χ2n) is 7.23. The van der Waals surface area contributed by atoms with Gasteiger partial charge in [-0.1, -0.05) is 12.1 Å². The molecule has 0 spiro atoms. The van der Waals surface area contributed by atoms with E-state index in [0.29, 0.717) is 12.5 Å². The molecule has 26 heavy (non-hydrogen) atoms. The molecule has 0 aliphatic carbocycles. The smallest absolute Gasteiger partial charge is 0.231 e. The molecule has 1 saturated heterocycles. The van der Waals surface area contributed by atoms with Crippen LogP contribution in [-0.2, 0) is 11.2 Å². The highest BCUT2D eigenvalue weighted by molar-refractivity contribution is 6.00. The Morgan fingerprint density at radius 1 is 1.15 bits per heavy atom. The van der Waals surface area contributed by atoms with Gasteiger partial charge in [0.25, 0.3) is 0 Å². The Morgan fingerprint density at radius 3 is 2.96 bits per heavy atom. The van der Waals surface area contributed by atoms with Crippen molar-refractivity contribution in [2.24, 2.45) is 0 Å². The molecule has 0 saturated carbocycles. The minimum absolute atomic E-state index is 0.160. The van der Waals surface area contributed by atoms with Gasteiger partial charge in [0.05, 0.1) is 17.8 Å². The summed E-state index contributed by atoms with van der Waals surface area (Å²) in [6, 6.07) is 12.7. The van der Waals surface area contributed by atoms with Crippen molar-refractivity contribution in [3.63, 3.8) is 0 Å². The summed E-state index contributed by atoms with van der Waals surface area (Å²) in [5.41, 5.74) is 4.11. The van der Waals surface area contributed by atoms with E-state index in [-0.39, 0.29) is 5.91 Å². The monoisotopic (exact) mass is 346 g/mol. The lowest BCUT2D eigenvalue weighted by molar-refractivity contribution is -0.118. The number of pyridine rings is 1. The number of aromatic nitrogens is 2. The van der Waals surface area contributed by atoms with E-state index in [0.717, 1.165) is 41.8 Å². The van der Waals surface area contributed by atoms with Crippen molar-refractivity contribution in [2.45, 2.75) is 31.7 Å². The van der Waals surface area contributed by atoms with Gasteiger partial charge in [0.2, 0.25) is 5.91 Å². The molecule has 5 nitrogen and oxygen atoms in total. The van der Waals surface area contributed by atoms with Crippen LogP contribution in [0.2, 0.25) is 0 Å².